The SMILES string of the molecule is c1ccc(-c2cc(-c3ccccc3)cc(-c3cnc(-n4c5ccccc5c5ccccc54)c(-c4nc(-c5ccccc5)nc(-c5ccccc5)n4)c3)c2)cc1. The van der Waals surface area contributed by atoms with E-state index in [1.807, 2.05) is 66.9 Å². The molecule has 5 nitrogen and oxygen atoms in total. The van der Waals surface area contributed by atoms with Gasteiger partial charge in [0.1, 0.15) is 5.82 Å². The van der Waals surface area contributed by atoms with Gasteiger partial charge in [0.2, 0.25) is 0 Å². The third kappa shape index (κ3) is 6.04. The lowest BCUT2D eigenvalue weighted by molar-refractivity contribution is 1.04. The van der Waals surface area contributed by atoms with Gasteiger partial charge in [0.15, 0.2) is 17.5 Å². The molecule has 0 radical (unpaired) electrons. The fourth-order valence-electron chi connectivity index (χ4n) is 7.43. The van der Waals surface area contributed by atoms with Gasteiger partial charge in [0.05, 0.1) is 16.6 Å². The van der Waals surface area contributed by atoms with Crippen molar-refractivity contribution in [1.29, 1.82) is 0 Å². The lowest BCUT2D eigenvalue weighted by atomic mass is 9.93. The first-order chi connectivity index (χ1) is 27.3. The Morgan fingerprint density at radius 3 is 1.16 bits per heavy atom. The molecule has 0 amide bonds. The topological polar surface area (TPSA) is 56.5 Å². The smallest absolute Gasteiger partial charge is 0.167 e. The van der Waals surface area contributed by atoms with Crippen LogP contribution in [0.5, 0.6) is 0 Å². The number of para-hydroxylation sites is 2. The molecule has 0 bridgehead atoms. The van der Waals surface area contributed by atoms with Crippen LogP contribution >= 0.6 is 0 Å². The van der Waals surface area contributed by atoms with Crippen molar-refractivity contribution in [3.05, 3.63) is 200 Å². The van der Waals surface area contributed by atoms with Crippen LogP contribution in [0.2, 0.25) is 0 Å². The highest BCUT2D eigenvalue weighted by atomic mass is 15.1. The summed E-state index contributed by atoms with van der Waals surface area (Å²) in [6.07, 6.45) is 1.98. The predicted octanol–water partition coefficient (Wildman–Crippen LogP) is 12.4. The Kier molecular flexibility index (Phi) is 8.08. The number of rotatable bonds is 7. The normalized spacial score (nSPS) is 11.3. The molecular formula is C50H33N5. The fraction of sp³-hybridized carbons (Fsp3) is 0. The zero-order chi connectivity index (χ0) is 36.6. The first-order valence-corrected chi connectivity index (χ1v) is 18.4. The van der Waals surface area contributed by atoms with Crippen molar-refractivity contribution in [2.24, 2.45) is 0 Å². The van der Waals surface area contributed by atoms with Gasteiger partial charge in [-0.15, -0.1) is 0 Å². The minimum atomic E-state index is 0.543. The van der Waals surface area contributed by atoms with Crippen molar-refractivity contribution >= 4 is 21.8 Å². The van der Waals surface area contributed by atoms with Crippen molar-refractivity contribution in [2.75, 3.05) is 0 Å². The summed E-state index contributed by atoms with van der Waals surface area (Å²) in [5.74, 6) is 2.48. The molecule has 3 aromatic heterocycles. The molecule has 55 heavy (non-hydrogen) atoms. The molecule has 0 aliphatic rings. The van der Waals surface area contributed by atoms with Crippen molar-refractivity contribution in [3.63, 3.8) is 0 Å². The van der Waals surface area contributed by atoms with Crippen LogP contribution in [-0.4, -0.2) is 24.5 Å². The minimum absolute atomic E-state index is 0.543. The van der Waals surface area contributed by atoms with Crippen LogP contribution < -0.4 is 0 Å². The Bertz CT molecular complexity index is 2790. The summed E-state index contributed by atoms with van der Waals surface area (Å²) >= 11 is 0. The third-order valence-corrected chi connectivity index (χ3v) is 10.1. The maximum atomic E-state index is 5.35. The molecule has 3 heterocycles. The second kappa shape index (κ2) is 13.8. The molecule has 0 unspecified atom stereocenters. The van der Waals surface area contributed by atoms with Gasteiger partial charge in [-0.05, 0) is 64.2 Å². The van der Waals surface area contributed by atoms with E-state index in [9.17, 15) is 0 Å². The number of hydrogen-bond acceptors (Lipinski definition) is 4. The Morgan fingerprint density at radius 2 is 0.691 bits per heavy atom. The Hall–Kier alpha value is -7.50. The zero-order valence-electron chi connectivity index (χ0n) is 29.8. The summed E-state index contributed by atoms with van der Waals surface area (Å²) in [6.45, 7) is 0. The summed E-state index contributed by atoms with van der Waals surface area (Å²) < 4.78 is 2.24. The van der Waals surface area contributed by atoms with Crippen LogP contribution in [0.25, 0.3) is 95.2 Å². The van der Waals surface area contributed by atoms with Crippen molar-refractivity contribution in [3.8, 4) is 73.4 Å². The van der Waals surface area contributed by atoms with E-state index in [2.05, 4.69) is 138 Å². The number of hydrogen-bond donors (Lipinski definition) is 0. The molecule has 0 N–H and O–H groups in total. The van der Waals surface area contributed by atoms with Crippen molar-refractivity contribution < 1.29 is 0 Å². The van der Waals surface area contributed by atoms with Gasteiger partial charge in [0.25, 0.3) is 0 Å². The highest BCUT2D eigenvalue weighted by molar-refractivity contribution is 6.09. The van der Waals surface area contributed by atoms with E-state index in [1.165, 1.54) is 0 Å². The molecule has 7 aromatic carbocycles. The highest BCUT2D eigenvalue weighted by Gasteiger charge is 2.21. The molecule has 0 aliphatic heterocycles. The van der Waals surface area contributed by atoms with Gasteiger partial charge >= 0.3 is 0 Å². The largest absolute Gasteiger partial charge is 0.293 e. The average molecular weight is 704 g/mol. The highest BCUT2D eigenvalue weighted by Crippen LogP contribution is 2.39. The molecule has 5 heteroatoms. The van der Waals surface area contributed by atoms with Gasteiger partial charge in [-0.1, -0.05) is 158 Å². The number of fused-ring (bicyclic) bond motifs is 3. The van der Waals surface area contributed by atoms with Gasteiger partial charge in [-0.2, -0.15) is 0 Å². The van der Waals surface area contributed by atoms with E-state index in [1.54, 1.807) is 0 Å². The molecule has 10 aromatic rings. The van der Waals surface area contributed by atoms with Crippen LogP contribution in [0.4, 0.5) is 0 Å². The van der Waals surface area contributed by atoms with Crippen LogP contribution in [0.1, 0.15) is 0 Å². The first kappa shape index (κ1) is 32.2. The van der Waals surface area contributed by atoms with E-state index in [0.29, 0.717) is 17.5 Å². The van der Waals surface area contributed by atoms with E-state index >= 15 is 0 Å². The van der Waals surface area contributed by atoms with Crippen LogP contribution in [-0.2, 0) is 0 Å². The van der Waals surface area contributed by atoms with E-state index in [0.717, 1.165) is 77.7 Å². The lowest BCUT2D eigenvalue weighted by Crippen LogP contribution is -2.05. The first-order valence-electron chi connectivity index (χ1n) is 18.4. The van der Waals surface area contributed by atoms with Gasteiger partial charge in [0, 0.05) is 33.7 Å². The van der Waals surface area contributed by atoms with Crippen LogP contribution in [0, 0.1) is 0 Å². The minimum Gasteiger partial charge on any atom is -0.293 e. The molecule has 0 fully saturated rings. The van der Waals surface area contributed by atoms with E-state index in [-0.39, 0.29) is 0 Å². The second-order valence-corrected chi connectivity index (χ2v) is 13.5. The Morgan fingerprint density at radius 1 is 0.309 bits per heavy atom. The van der Waals surface area contributed by atoms with Gasteiger partial charge in [-0.3, -0.25) is 4.57 Å². The van der Waals surface area contributed by atoms with E-state index in [4.69, 9.17) is 19.9 Å². The number of aromatic nitrogens is 5. The third-order valence-electron chi connectivity index (χ3n) is 10.1. The average Bonchev–Trinajstić information content (AvgIpc) is 3.61. The molecule has 258 valence electrons. The molecule has 10 rings (SSSR count). The van der Waals surface area contributed by atoms with Crippen LogP contribution in [0.15, 0.2) is 200 Å². The predicted molar refractivity (Wildman–Crippen MR) is 225 cm³/mol. The Labute approximate surface area is 318 Å². The molecule has 0 saturated heterocycles. The Balaban J connectivity index is 1.27. The summed E-state index contributed by atoms with van der Waals surface area (Å²) in [5, 5.41) is 2.31. The van der Waals surface area contributed by atoms with Crippen molar-refractivity contribution in [1.82, 2.24) is 24.5 Å². The summed E-state index contributed by atoms with van der Waals surface area (Å²) in [5.41, 5.74) is 11.3. The maximum Gasteiger partial charge on any atom is 0.167 e. The monoisotopic (exact) mass is 703 g/mol. The zero-order valence-corrected chi connectivity index (χ0v) is 29.8. The number of nitrogens with zero attached hydrogens (tertiary/aromatic N) is 5. The second-order valence-electron chi connectivity index (χ2n) is 13.5. The van der Waals surface area contributed by atoms with Crippen molar-refractivity contribution in [2.45, 2.75) is 0 Å². The molecular weight excluding hydrogens is 671 g/mol. The fourth-order valence-corrected chi connectivity index (χ4v) is 7.43. The number of benzene rings is 7. The summed E-state index contributed by atoms with van der Waals surface area (Å²) in [7, 11) is 0. The quantitative estimate of drug-likeness (QED) is 0.166. The summed E-state index contributed by atoms with van der Waals surface area (Å²) in [6, 6.07) is 67.2. The van der Waals surface area contributed by atoms with Gasteiger partial charge in [-0.25, -0.2) is 19.9 Å². The molecule has 0 spiro atoms. The standard InChI is InChI=1S/C50H33N5/c1-5-17-34(18-6-1)38-29-39(35-19-7-2-8-20-35)31-40(30-38)41-32-44(50(51-33-41)55-45-27-15-13-25-42(45)43-26-14-16-28-46(43)55)49-53-47(36-21-9-3-10-22-36)52-48(54-49)37-23-11-4-12-24-37/h1-33H. The maximum absolute atomic E-state index is 5.35. The number of pyridine rings is 1. The van der Waals surface area contributed by atoms with Gasteiger partial charge < -0.3 is 0 Å². The van der Waals surface area contributed by atoms with Crippen LogP contribution in [0.3, 0.4) is 0 Å². The van der Waals surface area contributed by atoms with E-state index < -0.39 is 0 Å². The molecule has 0 atom stereocenters. The molecule has 0 aliphatic carbocycles. The molecule has 0 saturated carbocycles. The summed E-state index contributed by atoms with van der Waals surface area (Å²) in [4.78, 5) is 20.8. The lowest BCUT2D eigenvalue weighted by Gasteiger charge is -2.16.